The number of benzene rings is 1. The Bertz CT molecular complexity index is 471. The molecular formula is C11H8BrF2NO2. The highest BCUT2D eigenvalue weighted by atomic mass is 79.9. The number of ether oxygens (including phenoxy) is 1. The van der Waals surface area contributed by atoms with Gasteiger partial charge in [0, 0.05) is 0 Å². The van der Waals surface area contributed by atoms with Gasteiger partial charge in [-0.15, -0.1) is 0 Å². The predicted molar refractivity (Wildman–Crippen MR) is 60.1 cm³/mol. The van der Waals surface area contributed by atoms with Crippen molar-refractivity contribution < 1.29 is 18.3 Å². The van der Waals surface area contributed by atoms with Gasteiger partial charge in [-0.05, 0) is 18.6 Å². The molecule has 0 radical (unpaired) electrons. The minimum Gasteiger partial charge on any atom is -0.433 e. The molecule has 0 saturated heterocycles. The number of nitrogens with zero attached hydrogens (tertiary/aromatic N) is 1. The van der Waals surface area contributed by atoms with Crippen LogP contribution in [0.1, 0.15) is 22.9 Å². The summed E-state index contributed by atoms with van der Waals surface area (Å²) >= 11 is 3.10. The Kier molecular flexibility index (Phi) is 4.58. The van der Waals surface area contributed by atoms with Crippen LogP contribution in [-0.2, 0) is 4.79 Å². The molecule has 0 fully saturated rings. The quantitative estimate of drug-likeness (QED) is 0.803. The Morgan fingerprint density at radius 3 is 2.65 bits per heavy atom. The Balaban J connectivity index is 3.24. The molecule has 0 bridgehead atoms. The van der Waals surface area contributed by atoms with Gasteiger partial charge in [0.05, 0.1) is 10.4 Å². The number of halogens is 3. The lowest BCUT2D eigenvalue weighted by molar-refractivity contribution is -0.116. The number of rotatable bonds is 4. The van der Waals surface area contributed by atoms with E-state index in [-0.39, 0.29) is 17.1 Å². The minimum atomic E-state index is -3.01. The molecular weight excluding hydrogens is 296 g/mol. The van der Waals surface area contributed by atoms with E-state index in [2.05, 4.69) is 20.7 Å². The monoisotopic (exact) mass is 303 g/mol. The molecule has 1 atom stereocenters. The Morgan fingerprint density at radius 2 is 2.18 bits per heavy atom. The third kappa shape index (κ3) is 3.24. The lowest BCUT2D eigenvalue weighted by Crippen LogP contribution is -2.08. The van der Waals surface area contributed by atoms with Crippen molar-refractivity contribution in [3.05, 3.63) is 29.3 Å². The molecule has 0 amide bonds. The minimum absolute atomic E-state index is 0.0649. The zero-order valence-electron chi connectivity index (χ0n) is 8.78. The first kappa shape index (κ1) is 13.6. The van der Waals surface area contributed by atoms with E-state index in [4.69, 9.17) is 5.26 Å². The highest BCUT2D eigenvalue weighted by Gasteiger charge is 2.20. The summed E-state index contributed by atoms with van der Waals surface area (Å²) in [5.41, 5.74) is 0.253. The molecule has 1 aromatic carbocycles. The third-order valence-corrected chi connectivity index (χ3v) is 3.15. The fourth-order valence-corrected chi connectivity index (χ4v) is 1.67. The maximum Gasteiger partial charge on any atom is 0.387 e. The molecule has 3 nitrogen and oxygen atoms in total. The van der Waals surface area contributed by atoms with Gasteiger partial charge < -0.3 is 4.74 Å². The number of hydrogen-bond acceptors (Lipinski definition) is 3. The zero-order valence-corrected chi connectivity index (χ0v) is 10.4. The van der Waals surface area contributed by atoms with Crippen LogP contribution in [0.15, 0.2) is 18.2 Å². The second kappa shape index (κ2) is 5.73. The van der Waals surface area contributed by atoms with E-state index in [1.807, 2.05) is 0 Å². The van der Waals surface area contributed by atoms with Crippen molar-refractivity contribution in [3.8, 4) is 11.8 Å². The first-order valence-corrected chi connectivity index (χ1v) is 5.51. The summed E-state index contributed by atoms with van der Waals surface area (Å²) in [4.78, 5) is 10.5. The molecule has 0 heterocycles. The van der Waals surface area contributed by atoms with Crippen molar-refractivity contribution >= 4 is 21.7 Å². The van der Waals surface area contributed by atoms with Crippen LogP contribution in [0.4, 0.5) is 8.78 Å². The molecule has 0 N–H and O–H groups in total. The predicted octanol–water partition coefficient (Wildman–Crippen LogP) is 3.18. The SMILES string of the molecule is CC(=O)C(Br)c1cccc(OC(F)F)c1C#N. The van der Waals surface area contributed by atoms with Gasteiger partial charge in [0.1, 0.15) is 17.6 Å². The smallest absolute Gasteiger partial charge is 0.387 e. The van der Waals surface area contributed by atoms with Crippen molar-refractivity contribution in [2.45, 2.75) is 18.4 Å². The van der Waals surface area contributed by atoms with Crippen molar-refractivity contribution in [2.24, 2.45) is 0 Å². The molecule has 1 rings (SSSR count). The van der Waals surface area contributed by atoms with Crippen LogP contribution >= 0.6 is 15.9 Å². The van der Waals surface area contributed by atoms with Crippen LogP contribution in [0.25, 0.3) is 0 Å². The lowest BCUT2D eigenvalue weighted by Gasteiger charge is -2.12. The summed E-state index contributed by atoms with van der Waals surface area (Å²) in [5.74, 6) is -0.457. The van der Waals surface area contributed by atoms with Crippen molar-refractivity contribution in [2.75, 3.05) is 0 Å². The third-order valence-electron chi connectivity index (χ3n) is 2.02. The van der Waals surface area contributed by atoms with Crippen LogP contribution in [0.3, 0.4) is 0 Å². The first-order chi connectivity index (χ1) is 7.97. The molecule has 0 aromatic heterocycles. The van der Waals surface area contributed by atoms with E-state index in [9.17, 15) is 13.6 Å². The molecule has 1 unspecified atom stereocenters. The lowest BCUT2D eigenvalue weighted by atomic mass is 10.0. The average Bonchev–Trinajstić information content (AvgIpc) is 2.26. The van der Waals surface area contributed by atoms with Gasteiger partial charge in [0.2, 0.25) is 0 Å². The summed E-state index contributed by atoms with van der Waals surface area (Å²) in [6.07, 6.45) is 0. The fraction of sp³-hybridized carbons (Fsp3) is 0.273. The van der Waals surface area contributed by atoms with E-state index in [1.165, 1.54) is 25.1 Å². The van der Waals surface area contributed by atoms with Gasteiger partial charge in [-0.3, -0.25) is 4.79 Å². The van der Waals surface area contributed by atoms with Crippen molar-refractivity contribution in [1.82, 2.24) is 0 Å². The molecule has 17 heavy (non-hydrogen) atoms. The highest BCUT2D eigenvalue weighted by Crippen LogP contribution is 2.32. The van der Waals surface area contributed by atoms with E-state index < -0.39 is 11.4 Å². The maximum atomic E-state index is 12.1. The number of nitriles is 1. The maximum absolute atomic E-state index is 12.1. The molecule has 0 aliphatic carbocycles. The Labute approximate surface area is 105 Å². The molecule has 0 spiro atoms. The second-order valence-corrected chi connectivity index (χ2v) is 4.10. The van der Waals surface area contributed by atoms with Gasteiger partial charge in [-0.1, -0.05) is 28.1 Å². The van der Waals surface area contributed by atoms with Crippen molar-refractivity contribution in [1.29, 1.82) is 5.26 Å². The summed E-state index contributed by atoms with van der Waals surface area (Å²) in [7, 11) is 0. The molecule has 90 valence electrons. The number of hydrogen-bond donors (Lipinski definition) is 0. The van der Waals surface area contributed by atoms with Crippen LogP contribution in [0.2, 0.25) is 0 Å². The van der Waals surface area contributed by atoms with E-state index >= 15 is 0 Å². The fourth-order valence-electron chi connectivity index (χ4n) is 1.29. The Morgan fingerprint density at radius 1 is 1.53 bits per heavy atom. The molecule has 0 saturated carbocycles. The van der Waals surface area contributed by atoms with Gasteiger partial charge in [0.15, 0.2) is 0 Å². The van der Waals surface area contributed by atoms with Gasteiger partial charge >= 0.3 is 6.61 Å². The summed E-state index contributed by atoms with van der Waals surface area (Å²) in [6.45, 7) is -1.68. The molecule has 0 aliphatic rings. The number of carbonyl (C=O) groups is 1. The molecule has 1 aromatic rings. The summed E-state index contributed by atoms with van der Waals surface area (Å²) in [5, 5.41) is 8.94. The zero-order chi connectivity index (χ0) is 13.0. The summed E-state index contributed by atoms with van der Waals surface area (Å²) in [6, 6.07) is 5.98. The van der Waals surface area contributed by atoms with Gasteiger partial charge in [0.25, 0.3) is 0 Å². The van der Waals surface area contributed by atoms with E-state index in [0.717, 1.165) is 0 Å². The number of alkyl halides is 3. The average molecular weight is 304 g/mol. The number of ketones is 1. The first-order valence-electron chi connectivity index (χ1n) is 4.59. The van der Waals surface area contributed by atoms with Gasteiger partial charge in [-0.25, -0.2) is 0 Å². The van der Waals surface area contributed by atoms with E-state index in [0.29, 0.717) is 5.56 Å². The molecule has 0 aliphatic heterocycles. The van der Waals surface area contributed by atoms with Gasteiger partial charge in [-0.2, -0.15) is 14.0 Å². The van der Waals surface area contributed by atoms with Crippen molar-refractivity contribution in [3.63, 3.8) is 0 Å². The normalized spacial score (nSPS) is 12.0. The number of carbonyl (C=O) groups excluding carboxylic acids is 1. The van der Waals surface area contributed by atoms with Crippen LogP contribution < -0.4 is 4.74 Å². The van der Waals surface area contributed by atoms with E-state index in [1.54, 1.807) is 6.07 Å². The van der Waals surface area contributed by atoms with Crippen LogP contribution in [0.5, 0.6) is 5.75 Å². The number of Topliss-reactive ketones (excluding diaryl/α,β-unsaturated/α-hetero) is 1. The largest absolute Gasteiger partial charge is 0.433 e. The van der Waals surface area contributed by atoms with Crippen LogP contribution in [0, 0.1) is 11.3 Å². The highest BCUT2D eigenvalue weighted by molar-refractivity contribution is 9.09. The standard InChI is InChI=1S/C11H8BrF2NO2/c1-6(16)10(12)7-3-2-4-9(8(7)5-15)17-11(13)14/h2-4,10-11H,1H3. The molecule has 6 heteroatoms. The summed E-state index contributed by atoms with van der Waals surface area (Å²) < 4.78 is 28.5. The Hall–Kier alpha value is -1.48. The van der Waals surface area contributed by atoms with Crippen LogP contribution in [-0.4, -0.2) is 12.4 Å². The topological polar surface area (TPSA) is 50.1 Å². The second-order valence-electron chi connectivity index (χ2n) is 3.18.